The maximum atomic E-state index is 13.1. The second kappa shape index (κ2) is 6.80. The lowest BCUT2D eigenvalue weighted by Gasteiger charge is -2.38. The first-order chi connectivity index (χ1) is 12.7. The molecule has 3 aromatic rings. The topological polar surface area (TPSA) is 73.9 Å². The Kier molecular flexibility index (Phi) is 4.34. The average Bonchev–Trinajstić information content (AvgIpc) is 3.14. The summed E-state index contributed by atoms with van der Waals surface area (Å²) in [5.74, 6) is -0.0133. The first-order valence-corrected chi connectivity index (χ1v) is 8.87. The van der Waals surface area contributed by atoms with Crippen LogP contribution in [0, 0.1) is 0 Å². The first-order valence-electron chi connectivity index (χ1n) is 8.49. The normalized spacial score (nSPS) is 16.3. The van der Waals surface area contributed by atoms with Crippen molar-refractivity contribution < 1.29 is 4.79 Å². The van der Waals surface area contributed by atoms with Gasteiger partial charge in [0.1, 0.15) is 6.17 Å². The van der Waals surface area contributed by atoms with Crippen LogP contribution in [0.3, 0.4) is 0 Å². The van der Waals surface area contributed by atoms with E-state index in [1.807, 2.05) is 17.0 Å². The van der Waals surface area contributed by atoms with E-state index in [9.17, 15) is 4.79 Å². The molecule has 0 saturated heterocycles. The molecular weight excluding hydrogens is 350 g/mol. The zero-order valence-corrected chi connectivity index (χ0v) is 15.0. The number of benzene rings is 1. The van der Waals surface area contributed by atoms with E-state index in [0.29, 0.717) is 17.1 Å². The summed E-state index contributed by atoms with van der Waals surface area (Å²) in [6.45, 7) is 2.69. The highest BCUT2D eigenvalue weighted by Crippen LogP contribution is 2.37. The number of carbonyl (C=O) groups is 1. The highest BCUT2D eigenvalue weighted by atomic mass is 35.5. The fraction of sp³-hybridized carbons (Fsp3) is 0.211. The van der Waals surface area contributed by atoms with Gasteiger partial charge in [0.25, 0.3) is 5.91 Å². The molecule has 26 heavy (non-hydrogen) atoms. The number of anilines is 1. The van der Waals surface area contributed by atoms with Gasteiger partial charge in [0.15, 0.2) is 0 Å². The van der Waals surface area contributed by atoms with Crippen molar-refractivity contribution in [3.05, 3.63) is 65.1 Å². The highest BCUT2D eigenvalue weighted by molar-refractivity contribution is 6.31. The van der Waals surface area contributed by atoms with Gasteiger partial charge in [-0.1, -0.05) is 18.5 Å². The number of pyridine rings is 1. The molecule has 0 bridgehead atoms. The van der Waals surface area contributed by atoms with Gasteiger partial charge in [-0.2, -0.15) is 5.10 Å². The molecule has 7 heteroatoms. The van der Waals surface area contributed by atoms with Gasteiger partial charge in [0, 0.05) is 35.1 Å². The highest BCUT2D eigenvalue weighted by Gasteiger charge is 2.34. The smallest absolute Gasteiger partial charge is 0.257 e. The zero-order chi connectivity index (χ0) is 18.1. The molecule has 0 aliphatic carbocycles. The number of nitrogens with zero attached hydrogens (tertiary/aromatic N) is 3. The van der Waals surface area contributed by atoms with Gasteiger partial charge in [-0.25, -0.2) is 0 Å². The Bertz CT molecular complexity index is 940. The van der Waals surface area contributed by atoms with E-state index < -0.39 is 0 Å². The minimum absolute atomic E-state index is 0.0133. The molecule has 1 aromatic carbocycles. The maximum Gasteiger partial charge on any atom is 0.257 e. The van der Waals surface area contributed by atoms with Gasteiger partial charge in [-0.3, -0.25) is 14.9 Å². The molecule has 3 heterocycles. The number of aromatic amines is 1. The first kappa shape index (κ1) is 16.6. The van der Waals surface area contributed by atoms with Crippen molar-refractivity contribution >= 4 is 23.2 Å². The number of fused-ring (bicyclic) bond motifs is 1. The van der Waals surface area contributed by atoms with Crippen molar-refractivity contribution in [1.29, 1.82) is 0 Å². The van der Waals surface area contributed by atoms with Crippen LogP contribution in [0.5, 0.6) is 0 Å². The van der Waals surface area contributed by atoms with Gasteiger partial charge >= 0.3 is 0 Å². The number of nitrogens with one attached hydrogen (secondary N) is 2. The van der Waals surface area contributed by atoms with E-state index in [0.717, 1.165) is 28.9 Å². The number of hydrogen-bond donors (Lipinski definition) is 2. The molecule has 2 N–H and O–H groups in total. The Balaban J connectivity index is 1.80. The summed E-state index contributed by atoms with van der Waals surface area (Å²) < 4.78 is 0. The number of carbonyl (C=O) groups excluding carboxylic acids is 1. The summed E-state index contributed by atoms with van der Waals surface area (Å²) in [7, 11) is 0. The molecule has 1 amide bonds. The van der Waals surface area contributed by atoms with Crippen molar-refractivity contribution in [2.75, 3.05) is 11.9 Å². The quantitative estimate of drug-likeness (QED) is 0.728. The third-order valence-corrected chi connectivity index (χ3v) is 4.69. The molecule has 2 aromatic heterocycles. The fourth-order valence-electron chi connectivity index (χ4n) is 3.28. The molecule has 0 radical (unpaired) electrons. The van der Waals surface area contributed by atoms with Crippen LogP contribution >= 0.6 is 11.6 Å². The van der Waals surface area contributed by atoms with E-state index >= 15 is 0 Å². The van der Waals surface area contributed by atoms with Crippen LogP contribution in [-0.4, -0.2) is 32.5 Å². The molecule has 1 aliphatic heterocycles. The molecule has 0 saturated carbocycles. The molecule has 6 nitrogen and oxygen atoms in total. The van der Waals surface area contributed by atoms with Crippen molar-refractivity contribution in [2.24, 2.45) is 0 Å². The third kappa shape index (κ3) is 2.82. The summed E-state index contributed by atoms with van der Waals surface area (Å²) in [6, 6.07) is 9.13. The minimum Gasteiger partial charge on any atom is -0.361 e. The number of H-pyrrole nitrogens is 1. The third-order valence-electron chi connectivity index (χ3n) is 4.45. The van der Waals surface area contributed by atoms with Crippen molar-refractivity contribution in [3.63, 3.8) is 0 Å². The molecule has 0 fully saturated rings. The molecular formula is C19H18ClN5O. The van der Waals surface area contributed by atoms with E-state index in [-0.39, 0.29) is 12.1 Å². The summed E-state index contributed by atoms with van der Waals surface area (Å²) in [5.41, 5.74) is 4.02. The van der Waals surface area contributed by atoms with Crippen LogP contribution in [0.1, 0.15) is 35.4 Å². The standard InChI is InChI=1S/C19H18ClN5O/c1-2-8-25-18(23-16-9-13(20)5-6-14(16)19(25)26)15-11-22-24-17(15)12-4-3-7-21-10-12/h3-7,9-11,18,23H,2,8H2,1H3,(H,22,24). The largest absolute Gasteiger partial charge is 0.361 e. The number of rotatable bonds is 4. The molecule has 1 unspecified atom stereocenters. The van der Waals surface area contributed by atoms with E-state index in [2.05, 4.69) is 27.4 Å². The number of hydrogen-bond acceptors (Lipinski definition) is 4. The summed E-state index contributed by atoms with van der Waals surface area (Å²) in [4.78, 5) is 19.1. The Morgan fingerprint density at radius 3 is 2.92 bits per heavy atom. The predicted octanol–water partition coefficient (Wildman–Crippen LogP) is 4.10. The monoisotopic (exact) mass is 367 g/mol. The van der Waals surface area contributed by atoms with E-state index in [1.165, 1.54) is 0 Å². The minimum atomic E-state index is -0.331. The van der Waals surface area contributed by atoms with Gasteiger partial charge in [-0.05, 0) is 36.8 Å². The number of aromatic nitrogens is 3. The van der Waals surface area contributed by atoms with Crippen molar-refractivity contribution in [3.8, 4) is 11.3 Å². The van der Waals surface area contributed by atoms with Gasteiger partial charge in [0.05, 0.1) is 23.1 Å². The van der Waals surface area contributed by atoms with Crippen LogP contribution in [0.15, 0.2) is 48.9 Å². The number of amides is 1. The molecule has 0 spiro atoms. The SMILES string of the molecule is CCCN1C(=O)c2ccc(Cl)cc2NC1c1cn[nH]c1-c1cccnc1. The van der Waals surface area contributed by atoms with Crippen LogP contribution in [0.25, 0.3) is 11.3 Å². The van der Waals surface area contributed by atoms with Crippen molar-refractivity contribution in [1.82, 2.24) is 20.1 Å². The van der Waals surface area contributed by atoms with Crippen LogP contribution in [-0.2, 0) is 0 Å². The molecule has 1 aliphatic rings. The lowest BCUT2D eigenvalue weighted by atomic mass is 10.0. The Morgan fingerprint density at radius 2 is 2.15 bits per heavy atom. The van der Waals surface area contributed by atoms with Gasteiger partial charge in [0.2, 0.25) is 0 Å². The number of halogens is 1. The molecule has 132 valence electrons. The Hall–Kier alpha value is -2.86. The van der Waals surface area contributed by atoms with E-state index in [1.54, 1.807) is 36.8 Å². The van der Waals surface area contributed by atoms with Crippen molar-refractivity contribution in [2.45, 2.75) is 19.5 Å². The Morgan fingerprint density at radius 1 is 1.27 bits per heavy atom. The predicted molar refractivity (Wildman–Crippen MR) is 101 cm³/mol. The maximum absolute atomic E-state index is 13.1. The second-order valence-corrected chi connectivity index (χ2v) is 6.61. The zero-order valence-electron chi connectivity index (χ0n) is 14.2. The summed E-state index contributed by atoms with van der Waals surface area (Å²) >= 11 is 6.13. The van der Waals surface area contributed by atoms with Gasteiger partial charge < -0.3 is 10.2 Å². The lowest BCUT2D eigenvalue weighted by Crippen LogP contribution is -2.43. The Labute approximate surface area is 156 Å². The van der Waals surface area contributed by atoms with Crippen LogP contribution in [0.4, 0.5) is 5.69 Å². The lowest BCUT2D eigenvalue weighted by molar-refractivity contribution is 0.0684. The van der Waals surface area contributed by atoms with Crippen LogP contribution in [0.2, 0.25) is 5.02 Å². The van der Waals surface area contributed by atoms with E-state index in [4.69, 9.17) is 11.6 Å². The average molecular weight is 368 g/mol. The second-order valence-electron chi connectivity index (χ2n) is 6.18. The van der Waals surface area contributed by atoms with Crippen LogP contribution < -0.4 is 5.32 Å². The molecule has 1 atom stereocenters. The van der Waals surface area contributed by atoms with Gasteiger partial charge in [-0.15, -0.1) is 0 Å². The summed E-state index contributed by atoms with van der Waals surface area (Å²) in [5, 5.41) is 11.3. The summed E-state index contributed by atoms with van der Waals surface area (Å²) in [6.07, 6.45) is 5.78. The molecule has 4 rings (SSSR count). The fourth-order valence-corrected chi connectivity index (χ4v) is 3.45.